The van der Waals surface area contributed by atoms with Crippen molar-refractivity contribution >= 4 is 21.7 Å². The lowest BCUT2D eigenvalue weighted by Gasteiger charge is -2.38. The first kappa shape index (κ1) is 26.4. The summed E-state index contributed by atoms with van der Waals surface area (Å²) in [5, 5.41) is 9.28. The van der Waals surface area contributed by atoms with E-state index in [0.29, 0.717) is 17.7 Å². The van der Waals surface area contributed by atoms with E-state index in [4.69, 9.17) is 0 Å². The molecule has 2 heterocycles. The smallest absolute Gasteiger partial charge is 0.392 e. The molecule has 1 fully saturated rings. The van der Waals surface area contributed by atoms with Crippen LogP contribution in [0.3, 0.4) is 0 Å². The van der Waals surface area contributed by atoms with Gasteiger partial charge in [0.05, 0.1) is 23.1 Å². The van der Waals surface area contributed by atoms with Gasteiger partial charge < -0.3 is 10.0 Å². The number of allylic oxidation sites excluding steroid dienone is 1. The fourth-order valence-corrected chi connectivity index (χ4v) is 4.55. The lowest BCUT2D eigenvalue weighted by molar-refractivity contribution is -0.143. The molecule has 0 radical (unpaired) electrons. The zero-order valence-corrected chi connectivity index (χ0v) is 19.0. The zero-order chi connectivity index (χ0) is 25.5. The quantitative estimate of drug-likeness (QED) is 0.242. The summed E-state index contributed by atoms with van der Waals surface area (Å²) in [5.74, 6) is -3.53. The van der Waals surface area contributed by atoms with E-state index in [1.54, 1.807) is 0 Å². The van der Waals surface area contributed by atoms with Crippen molar-refractivity contribution in [3.8, 4) is 0 Å². The van der Waals surface area contributed by atoms with Crippen LogP contribution in [0.1, 0.15) is 35.1 Å². The van der Waals surface area contributed by atoms with E-state index >= 15 is 8.78 Å². The Morgan fingerprint density at radius 3 is 2.09 bits per heavy atom. The second-order valence-corrected chi connectivity index (χ2v) is 8.77. The van der Waals surface area contributed by atoms with Gasteiger partial charge >= 0.3 is 12.4 Å². The molecule has 3 nitrogen and oxygen atoms in total. The number of anilines is 1. The Hall–Kier alpha value is -2.21. The highest BCUT2D eigenvalue weighted by Gasteiger charge is 2.58. The Bertz CT molecular complexity index is 1040. The fraction of sp³-hybridized carbons (Fsp3) is 0.409. The van der Waals surface area contributed by atoms with Crippen molar-refractivity contribution in [3.05, 3.63) is 69.8 Å². The van der Waals surface area contributed by atoms with Gasteiger partial charge in [0.1, 0.15) is 10.4 Å². The predicted molar refractivity (Wildman–Crippen MR) is 113 cm³/mol. The van der Waals surface area contributed by atoms with Crippen LogP contribution in [-0.2, 0) is 24.4 Å². The number of pyridine rings is 1. The topological polar surface area (TPSA) is 36.4 Å². The van der Waals surface area contributed by atoms with Crippen molar-refractivity contribution in [2.45, 2.75) is 43.1 Å². The van der Waals surface area contributed by atoms with Crippen LogP contribution in [-0.4, -0.2) is 29.1 Å². The Labute approximate surface area is 198 Å². The van der Waals surface area contributed by atoms with Crippen molar-refractivity contribution < 1.29 is 40.2 Å². The molecule has 186 valence electrons. The molecule has 1 N–H and O–H groups in total. The molecule has 1 aliphatic heterocycles. The maximum Gasteiger partial charge on any atom is 0.416 e. The highest BCUT2D eigenvalue weighted by molar-refractivity contribution is 9.10. The molecule has 1 atom stereocenters. The van der Waals surface area contributed by atoms with E-state index in [1.165, 1.54) is 17.0 Å². The third kappa shape index (κ3) is 4.93. The Kier molecular flexibility index (Phi) is 7.07. The van der Waals surface area contributed by atoms with Crippen LogP contribution in [0.2, 0.25) is 0 Å². The van der Waals surface area contributed by atoms with Gasteiger partial charge in [0.15, 0.2) is 0 Å². The van der Waals surface area contributed by atoms with E-state index in [0.717, 1.165) is 6.08 Å². The predicted octanol–water partition coefficient (Wildman–Crippen LogP) is 6.73. The molecule has 12 heteroatoms. The van der Waals surface area contributed by atoms with Gasteiger partial charge in [-0.15, -0.1) is 6.58 Å². The number of benzene rings is 1. The Balaban J connectivity index is 2.18. The largest absolute Gasteiger partial charge is 0.416 e. The summed E-state index contributed by atoms with van der Waals surface area (Å²) >= 11 is 3.15. The molecule has 1 aliphatic rings. The van der Waals surface area contributed by atoms with Crippen LogP contribution in [0.4, 0.5) is 40.9 Å². The lowest BCUT2D eigenvalue weighted by atomic mass is 9.72. The zero-order valence-electron chi connectivity index (χ0n) is 17.5. The molecule has 1 aromatic carbocycles. The molecule has 0 aliphatic carbocycles. The van der Waals surface area contributed by atoms with Crippen LogP contribution in [0, 0.1) is 0 Å². The Morgan fingerprint density at radius 2 is 1.62 bits per heavy atom. The standard InChI is InChI=1S/C22H19BrF8N2O/c1-2-5-20(24,25)19(6-7-33(12-19)17-4-3-13(11-34)18(23)32-17)14-8-15(21(26,27)28)10-16(9-14)22(29,30)31/h2-4,8-10,34H,1,5-7,11-12H2. The maximum atomic E-state index is 15.5. The number of rotatable bonds is 6. The van der Waals surface area contributed by atoms with Crippen LogP contribution in [0.15, 0.2) is 47.6 Å². The van der Waals surface area contributed by atoms with Gasteiger partial charge in [0, 0.05) is 25.1 Å². The number of alkyl halides is 8. The van der Waals surface area contributed by atoms with E-state index in [2.05, 4.69) is 27.5 Å². The SMILES string of the molecule is C=CCC(F)(F)C1(c2cc(C(F)(F)F)cc(C(F)(F)F)c2)CCN(c2ccc(CO)c(Br)n2)C1. The molecule has 1 saturated heterocycles. The minimum atomic E-state index is -5.17. The van der Waals surface area contributed by atoms with Crippen molar-refractivity contribution in [1.82, 2.24) is 4.98 Å². The minimum absolute atomic E-state index is 0.0815. The van der Waals surface area contributed by atoms with E-state index in [1.807, 2.05) is 0 Å². The Morgan fingerprint density at radius 1 is 1.03 bits per heavy atom. The van der Waals surface area contributed by atoms with Crippen LogP contribution < -0.4 is 4.90 Å². The number of aromatic nitrogens is 1. The van der Waals surface area contributed by atoms with Gasteiger partial charge in [-0.25, -0.2) is 13.8 Å². The second-order valence-electron chi connectivity index (χ2n) is 8.02. The monoisotopic (exact) mass is 558 g/mol. The molecule has 34 heavy (non-hydrogen) atoms. The van der Waals surface area contributed by atoms with Gasteiger partial charge in [-0.2, -0.15) is 26.3 Å². The second kappa shape index (κ2) is 9.10. The number of aliphatic hydroxyl groups excluding tert-OH is 1. The third-order valence-corrected chi connectivity index (χ3v) is 6.60. The van der Waals surface area contributed by atoms with Gasteiger partial charge in [0.25, 0.3) is 5.92 Å². The van der Waals surface area contributed by atoms with Crippen LogP contribution >= 0.6 is 15.9 Å². The van der Waals surface area contributed by atoms with Gasteiger partial charge in [0.2, 0.25) is 0 Å². The van der Waals surface area contributed by atoms with Gasteiger partial charge in [-0.3, -0.25) is 0 Å². The van der Waals surface area contributed by atoms with Crippen LogP contribution in [0.5, 0.6) is 0 Å². The molecule has 2 aromatic rings. The summed E-state index contributed by atoms with van der Waals surface area (Å²) in [6.45, 7) is 2.25. The van der Waals surface area contributed by atoms with E-state index in [9.17, 15) is 31.4 Å². The average Bonchev–Trinajstić information content (AvgIpc) is 3.19. The van der Waals surface area contributed by atoms with E-state index in [-0.39, 0.29) is 29.6 Å². The van der Waals surface area contributed by atoms with Crippen molar-refractivity contribution in [1.29, 1.82) is 0 Å². The summed E-state index contributed by atoms with van der Waals surface area (Å²) in [4.78, 5) is 5.56. The summed E-state index contributed by atoms with van der Waals surface area (Å²) in [6, 6.07) is 3.58. The molecule has 0 bridgehead atoms. The molecule has 1 unspecified atom stereocenters. The maximum absolute atomic E-state index is 15.5. The molecule has 3 rings (SSSR count). The number of hydrogen-bond acceptors (Lipinski definition) is 3. The molecule has 1 aromatic heterocycles. The summed E-state index contributed by atoms with van der Waals surface area (Å²) in [5.41, 5.74) is -6.02. The normalized spacial score (nSPS) is 19.5. The molecular weight excluding hydrogens is 540 g/mol. The number of nitrogens with zero attached hydrogens (tertiary/aromatic N) is 2. The first-order valence-corrected chi connectivity index (χ1v) is 10.7. The minimum Gasteiger partial charge on any atom is -0.392 e. The van der Waals surface area contributed by atoms with Crippen molar-refractivity contribution in [2.75, 3.05) is 18.0 Å². The number of hydrogen-bond donors (Lipinski definition) is 1. The van der Waals surface area contributed by atoms with E-state index < -0.39 is 59.8 Å². The number of halogens is 9. The van der Waals surface area contributed by atoms with Crippen LogP contribution in [0.25, 0.3) is 0 Å². The molecule has 0 spiro atoms. The first-order chi connectivity index (χ1) is 15.6. The van der Waals surface area contributed by atoms with Crippen molar-refractivity contribution in [2.24, 2.45) is 0 Å². The summed E-state index contributed by atoms with van der Waals surface area (Å²) < 4.78 is 112. The molecule has 0 amide bonds. The first-order valence-electron chi connectivity index (χ1n) is 9.94. The summed E-state index contributed by atoms with van der Waals surface area (Å²) in [7, 11) is 0. The average molecular weight is 559 g/mol. The van der Waals surface area contributed by atoms with Gasteiger partial charge in [-0.1, -0.05) is 12.1 Å². The lowest BCUT2D eigenvalue weighted by Crippen LogP contribution is -2.47. The fourth-order valence-electron chi connectivity index (χ4n) is 4.11. The molecule has 0 saturated carbocycles. The molecular formula is C22H19BrF8N2O. The van der Waals surface area contributed by atoms with Crippen molar-refractivity contribution in [3.63, 3.8) is 0 Å². The highest BCUT2D eigenvalue weighted by atomic mass is 79.9. The number of aliphatic hydroxyl groups is 1. The highest BCUT2D eigenvalue weighted by Crippen LogP contribution is 2.51. The summed E-state index contributed by atoms with van der Waals surface area (Å²) in [6.07, 6.45) is -10.8. The third-order valence-electron chi connectivity index (χ3n) is 5.92. The van der Waals surface area contributed by atoms with Gasteiger partial charge in [-0.05, 0) is 52.2 Å².